The van der Waals surface area contributed by atoms with Crippen molar-refractivity contribution in [2.24, 2.45) is 0 Å². The summed E-state index contributed by atoms with van der Waals surface area (Å²) in [6.45, 7) is 9.40. The summed E-state index contributed by atoms with van der Waals surface area (Å²) in [5.74, 6) is 1.60. The molecule has 1 atom stereocenters. The van der Waals surface area contributed by atoms with E-state index in [0.29, 0.717) is 6.54 Å². The van der Waals surface area contributed by atoms with E-state index < -0.39 is 6.10 Å². The molecule has 0 saturated carbocycles. The standard InChI is InChI=1S/C20H26N4O3S/c1-14-9-16(22-27-14)11-23-5-7-24(8-6-23)12-17(25)13-26-18-3-4-20-19(10-18)21-15(2)28-20/h3-4,9-10,17,25H,5-8,11-13H2,1-2H3. The Morgan fingerprint density at radius 1 is 1.18 bits per heavy atom. The second-order valence-electron chi connectivity index (χ2n) is 7.33. The molecule has 150 valence electrons. The van der Waals surface area contributed by atoms with E-state index in [2.05, 4.69) is 19.9 Å². The Bertz CT molecular complexity index is 917. The molecule has 3 aromatic rings. The molecule has 1 N–H and O–H groups in total. The number of piperazine rings is 1. The SMILES string of the molecule is Cc1cc(CN2CCN(CC(O)COc3ccc4sc(C)nc4c3)CC2)no1. The van der Waals surface area contributed by atoms with E-state index in [1.54, 1.807) is 11.3 Å². The molecule has 1 saturated heterocycles. The number of β-amino-alcohol motifs (C(OH)–C–C–N with tert-alkyl or cyclic N) is 1. The van der Waals surface area contributed by atoms with E-state index in [1.807, 2.05) is 38.1 Å². The van der Waals surface area contributed by atoms with Gasteiger partial charge in [-0.15, -0.1) is 11.3 Å². The number of aliphatic hydroxyl groups excluding tert-OH is 1. The molecule has 0 radical (unpaired) electrons. The summed E-state index contributed by atoms with van der Waals surface area (Å²) in [7, 11) is 0. The van der Waals surface area contributed by atoms with Crippen LogP contribution in [0.5, 0.6) is 5.75 Å². The molecule has 3 heterocycles. The zero-order valence-corrected chi connectivity index (χ0v) is 17.1. The van der Waals surface area contributed by atoms with Crippen molar-refractivity contribution < 1.29 is 14.4 Å². The number of hydrogen-bond acceptors (Lipinski definition) is 8. The van der Waals surface area contributed by atoms with Crippen molar-refractivity contribution in [2.75, 3.05) is 39.3 Å². The number of benzene rings is 1. The van der Waals surface area contributed by atoms with E-state index in [4.69, 9.17) is 9.26 Å². The summed E-state index contributed by atoms with van der Waals surface area (Å²) in [5, 5.41) is 15.5. The lowest BCUT2D eigenvalue weighted by Gasteiger charge is -2.35. The van der Waals surface area contributed by atoms with Crippen molar-refractivity contribution >= 4 is 21.6 Å². The predicted octanol–water partition coefficient (Wildman–Crippen LogP) is 2.46. The number of aromatic nitrogens is 2. The Balaban J connectivity index is 1.20. The summed E-state index contributed by atoms with van der Waals surface area (Å²) in [6.07, 6.45) is -0.516. The summed E-state index contributed by atoms with van der Waals surface area (Å²) in [4.78, 5) is 9.13. The van der Waals surface area contributed by atoms with Crippen LogP contribution >= 0.6 is 11.3 Å². The minimum Gasteiger partial charge on any atom is -0.491 e. The number of rotatable bonds is 7. The van der Waals surface area contributed by atoms with Gasteiger partial charge in [-0.2, -0.15) is 0 Å². The molecule has 28 heavy (non-hydrogen) atoms. The molecule has 7 nitrogen and oxygen atoms in total. The Hall–Kier alpha value is -2.00. The first kappa shape index (κ1) is 19.3. The predicted molar refractivity (Wildman–Crippen MR) is 109 cm³/mol. The fourth-order valence-electron chi connectivity index (χ4n) is 3.51. The quantitative estimate of drug-likeness (QED) is 0.651. The molecule has 1 unspecified atom stereocenters. The largest absolute Gasteiger partial charge is 0.491 e. The lowest BCUT2D eigenvalue weighted by molar-refractivity contribution is 0.0442. The number of hydrogen-bond donors (Lipinski definition) is 1. The molecule has 1 aliphatic heterocycles. The van der Waals surface area contributed by atoms with Crippen LogP contribution in [0.1, 0.15) is 16.5 Å². The number of aliphatic hydroxyl groups is 1. The monoisotopic (exact) mass is 402 g/mol. The minimum atomic E-state index is -0.516. The van der Waals surface area contributed by atoms with Gasteiger partial charge >= 0.3 is 0 Å². The van der Waals surface area contributed by atoms with Crippen LogP contribution in [0.15, 0.2) is 28.8 Å². The Labute approximate surface area is 168 Å². The second kappa shape index (κ2) is 8.57. The van der Waals surface area contributed by atoms with E-state index in [-0.39, 0.29) is 6.61 Å². The molecule has 2 aromatic heterocycles. The van der Waals surface area contributed by atoms with E-state index >= 15 is 0 Å². The lowest BCUT2D eigenvalue weighted by atomic mass is 10.2. The summed E-state index contributed by atoms with van der Waals surface area (Å²) in [5.41, 5.74) is 1.93. The van der Waals surface area contributed by atoms with Crippen LogP contribution in [-0.2, 0) is 6.54 Å². The van der Waals surface area contributed by atoms with Crippen LogP contribution in [0.2, 0.25) is 0 Å². The molecule has 0 amide bonds. The number of nitrogens with zero attached hydrogens (tertiary/aromatic N) is 4. The Kier molecular flexibility index (Phi) is 5.91. The average Bonchev–Trinajstić information content (AvgIpc) is 3.25. The van der Waals surface area contributed by atoms with E-state index in [1.165, 1.54) is 0 Å². The maximum absolute atomic E-state index is 10.4. The number of thiazole rings is 1. The van der Waals surface area contributed by atoms with Crippen LogP contribution in [0.4, 0.5) is 0 Å². The van der Waals surface area contributed by atoms with Crippen LogP contribution in [-0.4, -0.2) is 70.5 Å². The maximum Gasteiger partial charge on any atom is 0.133 e. The third-order valence-corrected chi connectivity index (χ3v) is 5.86. The lowest BCUT2D eigenvalue weighted by Crippen LogP contribution is -2.48. The van der Waals surface area contributed by atoms with Gasteiger partial charge in [-0.25, -0.2) is 4.98 Å². The van der Waals surface area contributed by atoms with Gasteiger partial charge in [0.1, 0.15) is 24.2 Å². The van der Waals surface area contributed by atoms with Gasteiger partial charge in [0, 0.05) is 51.4 Å². The number of ether oxygens (including phenoxy) is 1. The average molecular weight is 403 g/mol. The molecule has 1 fully saturated rings. The van der Waals surface area contributed by atoms with Crippen molar-refractivity contribution in [1.82, 2.24) is 19.9 Å². The summed E-state index contributed by atoms with van der Waals surface area (Å²) in [6, 6.07) is 7.89. The molecule has 0 aliphatic carbocycles. The van der Waals surface area contributed by atoms with Gasteiger partial charge in [-0.3, -0.25) is 9.80 Å². The molecule has 0 bridgehead atoms. The third-order valence-electron chi connectivity index (χ3n) is 4.90. The van der Waals surface area contributed by atoms with E-state index in [9.17, 15) is 5.11 Å². The van der Waals surface area contributed by atoms with Gasteiger partial charge in [0.2, 0.25) is 0 Å². The highest BCUT2D eigenvalue weighted by Crippen LogP contribution is 2.25. The van der Waals surface area contributed by atoms with Crippen LogP contribution < -0.4 is 4.74 Å². The summed E-state index contributed by atoms with van der Waals surface area (Å²) < 4.78 is 12.1. The topological polar surface area (TPSA) is 74.9 Å². The van der Waals surface area contributed by atoms with Crippen molar-refractivity contribution in [3.05, 3.63) is 40.7 Å². The minimum absolute atomic E-state index is 0.285. The van der Waals surface area contributed by atoms with Crippen molar-refractivity contribution in [1.29, 1.82) is 0 Å². The van der Waals surface area contributed by atoms with Crippen molar-refractivity contribution in [2.45, 2.75) is 26.5 Å². The molecule has 1 aliphatic rings. The van der Waals surface area contributed by atoms with Crippen LogP contribution in [0.3, 0.4) is 0 Å². The number of fused-ring (bicyclic) bond motifs is 1. The first-order valence-electron chi connectivity index (χ1n) is 9.60. The van der Waals surface area contributed by atoms with Gasteiger partial charge < -0.3 is 14.4 Å². The zero-order chi connectivity index (χ0) is 19.5. The third kappa shape index (κ3) is 4.88. The van der Waals surface area contributed by atoms with Crippen LogP contribution in [0.25, 0.3) is 10.2 Å². The second-order valence-corrected chi connectivity index (χ2v) is 8.57. The first-order chi connectivity index (χ1) is 13.5. The van der Waals surface area contributed by atoms with Gasteiger partial charge in [-0.1, -0.05) is 5.16 Å². The summed E-state index contributed by atoms with van der Waals surface area (Å²) >= 11 is 1.67. The van der Waals surface area contributed by atoms with Gasteiger partial charge in [0.05, 0.1) is 20.9 Å². The molecule has 4 rings (SSSR count). The van der Waals surface area contributed by atoms with Crippen molar-refractivity contribution in [3.8, 4) is 5.75 Å². The van der Waals surface area contributed by atoms with Crippen LogP contribution in [0, 0.1) is 13.8 Å². The normalized spacial score (nSPS) is 17.2. The Morgan fingerprint density at radius 3 is 2.71 bits per heavy atom. The Morgan fingerprint density at radius 2 is 1.96 bits per heavy atom. The maximum atomic E-state index is 10.4. The zero-order valence-electron chi connectivity index (χ0n) is 16.3. The smallest absolute Gasteiger partial charge is 0.133 e. The molecule has 0 spiro atoms. The molecule has 1 aromatic carbocycles. The fourth-order valence-corrected chi connectivity index (χ4v) is 4.31. The molecule has 8 heteroatoms. The number of aryl methyl sites for hydroxylation is 2. The van der Waals surface area contributed by atoms with Gasteiger partial charge in [0.25, 0.3) is 0 Å². The van der Waals surface area contributed by atoms with E-state index in [0.717, 1.165) is 65.2 Å². The first-order valence-corrected chi connectivity index (χ1v) is 10.4. The van der Waals surface area contributed by atoms with Crippen molar-refractivity contribution in [3.63, 3.8) is 0 Å². The molecular weight excluding hydrogens is 376 g/mol. The molecular formula is C20H26N4O3S. The highest BCUT2D eigenvalue weighted by atomic mass is 32.1. The highest BCUT2D eigenvalue weighted by Gasteiger charge is 2.20. The highest BCUT2D eigenvalue weighted by molar-refractivity contribution is 7.18. The van der Waals surface area contributed by atoms with Gasteiger partial charge in [0.15, 0.2) is 0 Å². The fraction of sp³-hybridized carbons (Fsp3) is 0.500. The van der Waals surface area contributed by atoms with Gasteiger partial charge in [-0.05, 0) is 26.0 Å².